The Morgan fingerprint density at radius 3 is 2.29 bits per heavy atom. The minimum absolute atomic E-state index is 0.00961. The van der Waals surface area contributed by atoms with Crippen LogP contribution in [0.5, 0.6) is 0 Å². The molecule has 0 aliphatic heterocycles. The van der Waals surface area contributed by atoms with Gasteiger partial charge in [-0.15, -0.1) is 0 Å². The summed E-state index contributed by atoms with van der Waals surface area (Å²) in [7, 11) is 0. The molecule has 2 aliphatic rings. The average molecular weight is 427 g/mol. The molecule has 31 heavy (non-hydrogen) atoms. The maximum Gasteiger partial charge on any atom is 0.166 e. The lowest BCUT2D eigenvalue weighted by molar-refractivity contribution is 0.249. The van der Waals surface area contributed by atoms with Crippen LogP contribution in [0.4, 0.5) is 13.2 Å². The number of unbranched alkanes of at least 4 members (excludes halogenated alkanes) is 1. The van der Waals surface area contributed by atoms with Gasteiger partial charge in [0.1, 0.15) is 5.82 Å². The summed E-state index contributed by atoms with van der Waals surface area (Å²) in [6.45, 7) is 2.27. The normalized spacial score (nSPS) is 21.0. The Bertz CT molecular complexity index is 936. The first-order valence-electron chi connectivity index (χ1n) is 12.0. The smallest absolute Gasteiger partial charge is 0.166 e. The number of hydrogen-bond acceptors (Lipinski definition) is 0. The molecular weight excluding hydrogens is 393 g/mol. The summed E-state index contributed by atoms with van der Waals surface area (Å²) < 4.78 is 42.9. The van der Waals surface area contributed by atoms with E-state index >= 15 is 4.39 Å². The molecule has 0 N–H and O–H groups in total. The zero-order valence-corrected chi connectivity index (χ0v) is 18.5. The molecule has 166 valence electrons. The zero-order chi connectivity index (χ0) is 21.8. The van der Waals surface area contributed by atoms with Crippen molar-refractivity contribution in [2.45, 2.75) is 77.6 Å². The van der Waals surface area contributed by atoms with E-state index in [0.29, 0.717) is 12.0 Å². The quantitative estimate of drug-likeness (QED) is 0.389. The molecule has 0 saturated heterocycles. The van der Waals surface area contributed by atoms with Gasteiger partial charge in [-0.25, -0.2) is 13.2 Å². The van der Waals surface area contributed by atoms with E-state index in [1.54, 1.807) is 6.07 Å². The monoisotopic (exact) mass is 426 g/mol. The van der Waals surface area contributed by atoms with Crippen LogP contribution in [0.15, 0.2) is 42.0 Å². The van der Waals surface area contributed by atoms with Crippen LogP contribution in [0.25, 0.3) is 11.1 Å². The summed E-state index contributed by atoms with van der Waals surface area (Å²) in [6, 6.07) is 7.41. The molecule has 1 saturated carbocycles. The molecular formula is C28H33F3. The van der Waals surface area contributed by atoms with Crippen molar-refractivity contribution in [2.75, 3.05) is 0 Å². The summed E-state index contributed by atoms with van der Waals surface area (Å²) in [5.74, 6) is -0.580. The van der Waals surface area contributed by atoms with E-state index in [1.165, 1.54) is 69.1 Å². The van der Waals surface area contributed by atoms with Gasteiger partial charge in [0.15, 0.2) is 11.6 Å². The number of halogens is 3. The summed E-state index contributed by atoms with van der Waals surface area (Å²) in [6.07, 6.45) is 15.3. The number of fused-ring (bicyclic) bond motifs is 1. The van der Waals surface area contributed by atoms with Crippen molar-refractivity contribution in [1.29, 1.82) is 0 Å². The van der Waals surface area contributed by atoms with E-state index in [1.807, 2.05) is 6.07 Å². The number of rotatable bonds is 7. The molecule has 0 aromatic heterocycles. The lowest BCUT2D eigenvalue weighted by Crippen LogP contribution is -2.15. The first-order valence-corrected chi connectivity index (χ1v) is 12.0. The van der Waals surface area contributed by atoms with E-state index in [2.05, 4.69) is 13.0 Å². The van der Waals surface area contributed by atoms with Crippen molar-refractivity contribution in [3.8, 4) is 11.1 Å². The van der Waals surface area contributed by atoms with E-state index < -0.39 is 17.5 Å². The van der Waals surface area contributed by atoms with Crippen LogP contribution in [0.3, 0.4) is 0 Å². The molecule has 0 unspecified atom stereocenters. The van der Waals surface area contributed by atoms with Crippen molar-refractivity contribution >= 4 is 0 Å². The second kappa shape index (κ2) is 10.1. The highest BCUT2D eigenvalue weighted by Crippen LogP contribution is 2.37. The molecule has 2 aromatic carbocycles. The standard InChI is InChI=1S/C28H33F3/c1-2-3-5-19-8-10-20(11-9-19)12-13-21-14-16-23-22(18-21)15-17-25(27(23)30)24-6-4-7-26(29)28(24)31/h4,6-7,14-15,17,19-20H,2-3,5,8-13,16,18H2,1H3. The fraction of sp³-hybridized carbons (Fsp3) is 0.500. The van der Waals surface area contributed by atoms with Crippen LogP contribution in [-0.2, 0) is 12.8 Å². The number of benzene rings is 2. The lowest BCUT2D eigenvalue weighted by Gasteiger charge is -2.29. The molecule has 4 rings (SSSR count). The van der Waals surface area contributed by atoms with Crippen LogP contribution < -0.4 is 0 Å². The van der Waals surface area contributed by atoms with Crippen LogP contribution >= 0.6 is 0 Å². The Balaban J connectivity index is 1.37. The zero-order valence-electron chi connectivity index (χ0n) is 18.5. The number of allylic oxidation sites excluding steroid dienone is 2. The van der Waals surface area contributed by atoms with Crippen molar-refractivity contribution in [1.82, 2.24) is 0 Å². The van der Waals surface area contributed by atoms with E-state index in [-0.39, 0.29) is 11.1 Å². The predicted molar refractivity (Wildman–Crippen MR) is 121 cm³/mol. The van der Waals surface area contributed by atoms with E-state index in [9.17, 15) is 8.78 Å². The maximum absolute atomic E-state index is 15.2. The third-order valence-electron chi connectivity index (χ3n) is 7.40. The van der Waals surface area contributed by atoms with Crippen LogP contribution in [-0.4, -0.2) is 0 Å². The highest BCUT2D eigenvalue weighted by molar-refractivity contribution is 5.67. The second-order valence-corrected chi connectivity index (χ2v) is 9.48. The molecule has 2 aliphatic carbocycles. The van der Waals surface area contributed by atoms with Gasteiger partial charge < -0.3 is 0 Å². The summed E-state index contributed by atoms with van der Waals surface area (Å²) in [5, 5.41) is 0. The van der Waals surface area contributed by atoms with Crippen molar-refractivity contribution in [2.24, 2.45) is 11.8 Å². The molecule has 0 bridgehead atoms. The third-order valence-corrected chi connectivity index (χ3v) is 7.40. The Morgan fingerprint density at radius 1 is 0.839 bits per heavy atom. The summed E-state index contributed by atoms with van der Waals surface area (Å²) >= 11 is 0. The van der Waals surface area contributed by atoms with Crippen molar-refractivity contribution in [3.63, 3.8) is 0 Å². The maximum atomic E-state index is 15.2. The first-order chi connectivity index (χ1) is 15.1. The summed E-state index contributed by atoms with van der Waals surface area (Å²) in [5.41, 5.74) is 3.14. The topological polar surface area (TPSA) is 0 Å². The molecule has 2 aromatic rings. The lowest BCUT2D eigenvalue weighted by atomic mass is 9.77. The number of hydrogen-bond donors (Lipinski definition) is 0. The minimum atomic E-state index is -0.988. The highest BCUT2D eigenvalue weighted by atomic mass is 19.2. The van der Waals surface area contributed by atoms with Crippen LogP contribution in [0.1, 0.15) is 75.8 Å². The second-order valence-electron chi connectivity index (χ2n) is 9.48. The minimum Gasteiger partial charge on any atom is -0.206 e. The van der Waals surface area contributed by atoms with Gasteiger partial charge in [0.2, 0.25) is 0 Å². The first kappa shape index (κ1) is 22.2. The molecule has 3 heteroatoms. The fourth-order valence-corrected chi connectivity index (χ4v) is 5.41. The Hall–Kier alpha value is -2.03. The van der Waals surface area contributed by atoms with Crippen LogP contribution in [0, 0.1) is 29.3 Å². The molecule has 1 fully saturated rings. The van der Waals surface area contributed by atoms with Gasteiger partial charge in [0.05, 0.1) is 0 Å². The Labute approximate surface area is 184 Å². The molecule has 0 atom stereocenters. The average Bonchev–Trinajstić information content (AvgIpc) is 2.79. The van der Waals surface area contributed by atoms with Gasteiger partial charge in [-0.3, -0.25) is 0 Å². The molecule has 0 radical (unpaired) electrons. The summed E-state index contributed by atoms with van der Waals surface area (Å²) in [4.78, 5) is 0. The van der Waals surface area contributed by atoms with Gasteiger partial charge >= 0.3 is 0 Å². The Morgan fingerprint density at radius 2 is 1.55 bits per heavy atom. The largest absolute Gasteiger partial charge is 0.206 e. The molecule has 0 nitrogen and oxygen atoms in total. The van der Waals surface area contributed by atoms with E-state index in [0.717, 1.165) is 36.3 Å². The SMILES string of the molecule is CCCCC1CCC(CCC2=CCc3c(ccc(-c4cccc(F)c4F)c3F)C2)CC1. The third kappa shape index (κ3) is 5.07. The van der Waals surface area contributed by atoms with Gasteiger partial charge in [-0.2, -0.15) is 0 Å². The van der Waals surface area contributed by atoms with Crippen molar-refractivity contribution in [3.05, 3.63) is 70.6 Å². The highest BCUT2D eigenvalue weighted by Gasteiger charge is 2.23. The Kier molecular flexibility index (Phi) is 7.20. The van der Waals surface area contributed by atoms with E-state index in [4.69, 9.17) is 0 Å². The van der Waals surface area contributed by atoms with Crippen molar-refractivity contribution < 1.29 is 13.2 Å². The fourth-order valence-electron chi connectivity index (χ4n) is 5.41. The van der Waals surface area contributed by atoms with Gasteiger partial charge in [-0.1, -0.05) is 87.8 Å². The van der Waals surface area contributed by atoms with Gasteiger partial charge in [-0.05, 0) is 54.7 Å². The molecule has 0 amide bonds. The molecule has 0 heterocycles. The van der Waals surface area contributed by atoms with Crippen LogP contribution in [0.2, 0.25) is 0 Å². The van der Waals surface area contributed by atoms with Gasteiger partial charge in [0, 0.05) is 11.1 Å². The van der Waals surface area contributed by atoms with Gasteiger partial charge in [0.25, 0.3) is 0 Å². The predicted octanol–water partition coefficient (Wildman–Crippen LogP) is 8.57. The molecule has 0 spiro atoms.